The highest BCUT2D eigenvalue weighted by Gasteiger charge is 2.22. The first kappa shape index (κ1) is 21.8. The van der Waals surface area contributed by atoms with Crippen molar-refractivity contribution < 1.29 is 27.1 Å². The normalized spacial score (nSPS) is 11.4. The van der Waals surface area contributed by atoms with E-state index >= 15 is 0 Å². The summed E-state index contributed by atoms with van der Waals surface area (Å²) in [4.78, 5) is 24.1. The van der Waals surface area contributed by atoms with Crippen LogP contribution in [-0.2, 0) is 19.6 Å². The SMILES string of the molecule is Cc1ccc(F)cc1NC(=O)COC(=O)c1cc(S(=O)(=O)N(C)C)ccc1Cl. The number of aryl methyl sites for hydroxylation is 1. The Morgan fingerprint density at radius 1 is 1.18 bits per heavy atom. The average Bonchev–Trinajstić information content (AvgIpc) is 2.62. The fourth-order valence-corrected chi connectivity index (χ4v) is 3.28. The molecule has 0 saturated carbocycles. The number of carbonyl (C=O) groups is 2. The van der Waals surface area contributed by atoms with Gasteiger partial charge in [-0.25, -0.2) is 21.9 Å². The third kappa shape index (κ3) is 5.06. The number of rotatable bonds is 6. The lowest BCUT2D eigenvalue weighted by Gasteiger charge is -2.13. The molecule has 0 bridgehead atoms. The molecule has 2 aromatic carbocycles. The van der Waals surface area contributed by atoms with Crippen molar-refractivity contribution in [3.63, 3.8) is 0 Å². The highest BCUT2D eigenvalue weighted by atomic mass is 35.5. The number of halogens is 2. The van der Waals surface area contributed by atoms with Crippen LogP contribution in [0.15, 0.2) is 41.3 Å². The van der Waals surface area contributed by atoms with Crippen molar-refractivity contribution in [2.24, 2.45) is 0 Å². The molecule has 0 aliphatic rings. The summed E-state index contributed by atoms with van der Waals surface area (Å²) < 4.78 is 43.5. The summed E-state index contributed by atoms with van der Waals surface area (Å²) in [5, 5.41) is 2.41. The molecule has 150 valence electrons. The fourth-order valence-electron chi connectivity index (χ4n) is 2.16. The summed E-state index contributed by atoms with van der Waals surface area (Å²) in [5.74, 6) is -2.18. The molecule has 0 unspecified atom stereocenters. The quantitative estimate of drug-likeness (QED) is 0.714. The van der Waals surface area contributed by atoms with Gasteiger partial charge in [0.2, 0.25) is 10.0 Å². The third-order valence-corrected chi connectivity index (χ3v) is 5.89. The Kier molecular flexibility index (Phi) is 6.76. The monoisotopic (exact) mass is 428 g/mol. The van der Waals surface area contributed by atoms with Crippen molar-refractivity contribution in [1.29, 1.82) is 0 Å². The van der Waals surface area contributed by atoms with Gasteiger partial charge < -0.3 is 10.1 Å². The van der Waals surface area contributed by atoms with E-state index in [1.165, 1.54) is 38.4 Å². The number of benzene rings is 2. The number of hydrogen-bond acceptors (Lipinski definition) is 5. The van der Waals surface area contributed by atoms with Gasteiger partial charge in [-0.1, -0.05) is 17.7 Å². The zero-order valence-electron chi connectivity index (χ0n) is 15.3. The Morgan fingerprint density at radius 2 is 1.86 bits per heavy atom. The summed E-state index contributed by atoms with van der Waals surface area (Å²) in [5.41, 5.74) is 0.684. The van der Waals surface area contributed by atoms with Crippen molar-refractivity contribution in [1.82, 2.24) is 4.31 Å². The van der Waals surface area contributed by atoms with Gasteiger partial charge in [0.25, 0.3) is 5.91 Å². The van der Waals surface area contributed by atoms with Crippen molar-refractivity contribution >= 4 is 39.2 Å². The van der Waals surface area contributed by atoms with E-state index in [9.17, 15) is 22.4 Å². The smallest absolute Gasteiger partial charge is 0.340 e. The maximum absolute atomic E-state index is 13.3. The van der Waals surface area contributed by atoms with Crippen LogP contribution >= 0.6 is 11.6 Å². The molecular weight excluding hydrogens is 411 g/mol. The number of amides is 1. The van der Waals surface area contributed by atoms with Crippen LogP contribution in [0.25, 0.3) is 0 Å². The molecule has 0 spiro atoms. The molecule has 0 saturated heterocycles. The molecule has 10 heteroatoms. The van der Waals surface area contributed by atoms with Crippen LogP contribution in [-0.4, -0.2) is 45.3 Å². The summed E-state index contributed by atoms with van der Waals surface area (Å²) >= 11 is 5.95. The number of ether oxygens (including phenoxy) is 1. The first-order chi connectivity index (χ1) is 13.0. The van der Waals surface area contributed by atoms with Gasteiger partial charge in [0, 0.05) is 19.8 Å². The molecule has 1 amide bonds. The topological polar surface area (TPSA) is 92.8 Å². The molecule has 0 aromatic heterocycles. The highest BCUT2D eigenvalue weighted by molar-refractivity contribution is 7.89. The summed E-state index contributed by atoms with van der Waals surface area (Å²) in [7, 11) is -1.08. The first-order valence-corrected chi connectivity index (χ1v) is 9.79. The number of nitrogens with one attached hydrogen (secondary N) is 1. The van der Waals surface area contributed by atoms with Gasteiger partial charge in [-0.05, 0) is 42.8 Å². The molecule has 1 N–H and O–H groups in total. The molecule has 2 rings (SSSR count). The number of esters is 1. The van der Waals surface area contributed by atoms with Gasteiger partial charge in [-0.2, -0.15) is 0 Å². The van der Waals surface area contributed by atoms with Crippen LogP contribution in [0.3, 0.4) is 0 Å². The number of sulfonamides is 1. The number of carbonyl (C=O) groups excluding carboxylic acids is 2. The van der Waals surface area contributed by atoms with Gasteiger partial charge in [0.1, 0.15) is 5.82 Å². The van der Waals surface area contributed by atoms with Crippen LogP contribution in [0, 0.1) is 12.7 Å². The van der Waals surface area contributed by atoms with E-state index in [1.807, 2.05) is 0 Å². The Labute approximate surface area is 167 Å². The lowest BCUT2D eigenvalue weighted by molar-refractivity contribution is -0.119. The van der Waals surface area contributed by atoms with E-state index in [0.29, 0.717) is 5.56 Å². The maximum Gasteiger partial charge on any atom is 0.340 e. The van der Waals surface area contributed by atoms with E-state index in [4.69, 9.17) is 16.3 Å². The second-order valence-corrected chi connectivity index (χ2v) is 8.57. The van der Waals surface area contributed by atoms with Crippen molar-refractivity contribution in [3.05, 3.63) is 58.4 Å². The number of hydrogen-bond donors (Lipinski definition) is 1. The van der Waals surface area contributed by atoms with Gasteiger partial charge >= 0.3 is 5.97 Å². The first-order valence-electron chi connectivity index (χ1n) is 7.97. The maximum atomic E-state index is 13.3. The van der Waals surface area contributed by atoms with Crippen molar-refractivity contribution in [2.75, 3.05) is 26.0 Å². The number of nitrogens with zero attached hydrogens (tertiary/aromatic N) is 1. The van der Waals surface area contributed by atoms with Gasteiger partial charge in [0.05, 0.1) is 15.5 Å². The molecule has 0 fully saturated rings. The van der Waals surface area contributed by atoms with Gasteiger partial charge in [-0.3, -0.25) is 4.79 Å². The van der Waals surface area contributed by atoms with Crippen LogP contribution in [0.4, 0.5) is 10.1 Å². The highest BCUT2D eigenvalue weighted by Crippen LogP contribution is 2.23. The van der Waals surface area contributed by atoms with Crippen LogP contribution < -0.4 is 5.32 Å². The molecule has 0 radical (unpaired) electrons. The Hall–Kier alpha value is -2.49. The lowest BCUT2D eigenvalue weighted by Crippen LogP contribution is -2.23. The molecule has 0 atom stereocenters. The van der Waals surface area contributed by atoms with Crippen LogP contribution in [0.5, 0.6) is 0 Å². The predicted molar refractivity (Wildman–Crippen MR) is 102 cm³/mol. The lowest BCUT2D eigenvalue weighted by atomic mass is 10.2. The van der Waals surface area contributed by atoms with Crippen LogP contribution in [0.2, 0.25) is 5.02 Å². The van der Waals surface area contributed by atoms with Gasteiger partial charge in [-0.15, -0.1) is 0 Å². The fraction of sp³-hybridized carbons (Fsp3) is 0.222. The largest absolute Gasteiger partial charge is 0.452 e. The van der Waals surface area contributed by atoms with Crippen molar-refractivity contribution in [2.45, 2.75) is 11.8 Å². The minimum Gasteiger partial charge on any atom is -0.452 e. The van der Waals surface area contributed by atoms with E-state index in [0.717, 1.165) is 16.4 Å². The second-order valence-electron chi connectivity index (χ2n) is 6.01. The Morgan fingerprint density at radius 3 is 2.50 bits per heavy atom. The zero-order chi connectivity index (χ0) is 21.1. The molecule has 2 aromatic rings. The summed E-state index contributed by atoms with van der Waals surface area (Å²) in [6, 6.07) is 7.48. The molecule has 0 aliphatic carbocycles. The van der Waals surface area contributed by atoms with E-state index in [1.54, 1.807) is 6.92 Å². The summed E-state index contributed by atoms with van der Waals surface area (Å²) in [6.45, 7) is 1.02. The standard InChI is InChI=1S/C18H18ClFN2O5S/c1-11-4-5-12(20)8-16(11)21-17(23)10-27-18(24)14-9-13(6-7-15(14)19)28(25,26)22(2)3/h4-9H,10H2,1-3H3,(H,21,23). The molecular formula is C18H18ClFN2O5S. The average molecular weight is 429 g/mol. The predicted octanol–water partition coefficient (Wildman–Crippen LogP) is 2.83. The van der Waals surface area contributed by atoms with E-state index in [2.05, 4.69) is 5.32 Å². The zero-order valence-corrected chi connectivity index (χ0v) is 16.9. The Bertz CT molecular complexity index is 1020. The van der Waals surface area contributed by atoms with E-state index in [-0.39, 0.29) is 21.2 Å². The molecule has 7 nitrogen and oxygen atoms in total. The molecule has 28 heavy (non-hydrogen) atoms. The van der Waals surface area contributed by atoms with E-state index < -0.39 is 34.3 Å². The second kappa shape index (κ2) is 8.68. The third-order valence-electron chi connectivity index (χ3n) is 3.74. The number of anilines is 1. The minimum absolute atomic E-state index is 0.0240. The molecule has 0 aliphatic heterocycles. The van der Waals surface area contributed by atoms with Gasteiger partial charge in [0.15, 0.2) is 6.61 Å². The minimum atomic E-state index is -3.78. The van der Waals surface area contributed by atoms with Crippen molar-refractivity contribution in [3.8, 4) is 0 Å². The molecule has 0 heterocycles. The summed E-state index contributed by atoms with van der Waals surface area (Å²) in [6.07, 6.45) is 0. The van der Waals surface area contributed by atoms with Crippen LogP contribution in [0.1, 0.15) is 15.9 Å². The Balaban J connectivity index is 2.11.